The lowest BCUT2D eigenvalue weighted by molar-refractivity contribution is -0.127. The highest BCUT2D eigenvalue weighted by molar-refractivity contribution is 5.79. The second-order valence-corrected chi connectivity index (χ2v) is 8.46. The Morgan fingerprint density at radius 3 is 2.33 bits per heavy atom. The van der Waals surface area contributed by atoms with Gasteiger partial charge in [-0.1, -0.05) is 30.3 Å². The average Bonchev–Trinajstić information content (AvgIpc) is 2.80. The standard InChI is InChI=1S/C26H24F4N2O/c27-22-7-4-18(5-8-22)20-11-21(26(33)31-13-17-2-1-3-23(28)10-17)16-32(15-20)14-19-6-9-24(29)12-25(19)30/h1-10,12,20-21H,11,13-16H2,(H,31,33)/t20-,21+/m0/s1. The molecule has 4 rings (SSSR count). The number of carbonyl (C=O) groups excluding carboxylic acids is 1. The third-order valence-electron chi connectivity index (χ3n) is 6.00. The van der Waals surface area contributed by atoms with Crippen molar-refractivity contribution in [3.05, 3.63) is 107 Å². The predicted octanol–water partition coefficient (Wildman–Crippen LogP) is 5.17. The molecule has 1 heterocycles. The molecule has 3 aromatic rings. The predicted molar refractivity (Wildman–Crippen MR) is 117 cm³/mol. The summed E-state index contributed by atoms with van der Waals surface area (Å²) in [6, 6.07) is 15.6. The quantitative estimate of drug-likeness (QED) is 0.520. The first-order valence-corrected chi connectivity index (χ1v) is 10.8. The minimum Gasteiger partial charge on any atom is -0.352 e. The number of hydrogen-bond acceptors (Lipinski definition) is 2. The van der Waals surface area contributed by atoms with Crippen molar-refractivity contribution < 1.29 is 22.4 Å². The molecule has 7 heteroatoms. The van der Waals surface area contributed by atoms with Crippen LogP contribution < -0.4 is 5.32 Å². The zero-order valence-electron chi connectivity index (χ0n) is 17.9. The van der Waals surface area contributed by atoms with Crippen LogP contribution in [0.1, 0.15) is 29.0 Å². The molecule has 0 aliphatic carbocycles. The van der Waals surface area contributed by atoms with Crippen molar-refractivity contribution in [2.75, 3.05) is 13.1 Å². The number of nitrogens with zero attached hydrogens (tertiary/aromatic N) is 1. The van der Waals surface area contributed by atoms with Gasteiger partial charge in [0, 0.05) is 37.8 Å². The Bertz CT molecular complexity index is 1120. The number of amides is 1. The second-order valence-electron chi connectivity index (χ2n) is 8.46. The minimum atomic E-state index is -0.645. The Hall–Kier alpha value is -3.19. The van der Waals surface area contributed by atoms with E-state index in [9.17, 15) is 22.4 Å². The van der Waals surface area contributed by atoms with Crippen LogP contribution in [0, 0.1) is 29.2 Å². The van der Waals surface area contributed by atoms with E-state index in [1.54, 1.807) is 24.3 Å². The van der Waals surface area contributed by atoms with E-state index in [0.717, 1.165) is 11.6 Å². The van der Waals surface area contributed by atoms with Crippen molar-refractivity contribution in [2.45, 2.75) is 25.4 Å². The van der Waals surface area contributed by atoms with E-state index in [1.807, 2.05) is 4.90 Å². The number of halogens is 4. The van der Waals surface area contributed by atoms with Crippen molar-refractivity contribution in [3.63, 3.8) is 0 Å². The normalized spacial score (nSPS) is 18.8. The van der Waals surface area contributed by atoms with Gasteiger partial charge >= 0.3 is 0 Å². The van der Waals surface area contributed by atoms with Gasteiger partial charge in [-0.05, 0) is 53.8 Å². The fourth-order valence-electron chi connectivity index (χ4n) is 4.36. The van der Waals surface area contributed by atoms with E-state index in [4.69, 9.17) is 0 Å². The number of rotatable bonds is 6. The average molecular weight is 456 g/mol. The third-order valence-corrected chi connectivity index (χ3v) is 6.00. The van der Waals surface area contributed by atoms with Crippen molar-refractivity contribution in [2.24, 2.45) is 5.92 Å². The molecule has 0 spiro atoms. The number of nitrogens with one attached hydrogen (secondary N) is 1. The first-order valence-electron chi connectivity index (χ1n) is 10.8. The van der Waals surface area contributed by atoms with Gasteiger partial charge in [0.05, 0.1) is 5.92 Å². The van der Waals surface area contributed by atoms with E-state index >= 15 is 0 Å². The van der Waals surface area contributed by atoms with Gasteiger partial charge < -0.3 is 5.32 Å². The van der Waals surface area contributed by atoms with Gasteiger partial charge in [0.25, 0.3) is 0 Å². The van der Waals surface area contributed by atoms with Crippen LogP contribution in [-0.4, -0.2) is 23.9 Å². The maximum absolute atomic E-state index is 14.2. The molecule has 3 nitrogen and oxygen atoms in total. The molecule has 172 valence electrons. The van der Waals surface area contributed by atoms with E-state index < -0.39 is 17.6 Å². The first-order chi connectivity index (χ1) is 15.9. The molecule has 2 atom stereocenters. The smallest absolute Gasteiger partial charge is 0.224 e. The first kappa shape index (κ1) is 23.0. The van der Waals surface area contributed by atoms with Crippen LogP contribution >= 0.6 is 0 Å². The van der Waals surface area contributed by atoms with Gasteiger partial charge in [-0.3, -0.25) is 9.69 Å². The van der Waals surface area contributed by atoms with Crippen molar-refractivity contribution in [3.8, 4) is 0 Å². The topological polar surface area (TPSA) is 32.3 Å². The highest BCUT2D eigenvalue weighted by Crippen LogP contribution is 2.32. The summed E-state index contributed by atoms with van der Waals surface area (Å²) < 4.78 is 54.4. The monoisotopic (exact) mass is 456 g/mol. The Kier molecular flexibility index (Phi) is 7.08. The Morgan fingerprint density at radius 2 is 1.61 bits per heavy atom. The summed E-state index contributed by atoms with van der Waals surface area (Å²) in [6.45, 7) is 1.36. The molecule has 1 N–H and O–H groups in total. The zero-order chi connectivity index (χ0) is 23.4. The summed E-state index contributed by atoms with van der Waals surface area (Å²) in [6.07, 6.45) is 0.545. The lowest BCUT2D eigenvalue weighted by Crippen LogP contribution is -2.45. The second kappa shape index (κ2) is 10.2. The number of likely N-dealkylation sites (tertiary alicyclic amines) is 1. The molecule has 1 saturated heterocycles. The Morgan fingerprint density at radius 1 is 0.879 bits per heavy atom. The van der Waals surface area contributed by atoms with Crippen LogP contribution in [-0.2, 0) is 17.9 Å². The lowest BCUT2D eigenvalue weighted by atomic mass is 9.83. The molecule has 1 amide bonds. The molecule has 33 heavy (non-hydrogen) atoms. The molecule has 0 bridgehead atoms. The van der Waals surface area contributed by atoms with Gasteiger partial charge in [0.1, 0.15) is 23.3 Å². The number of hydrogen-bond donors (Lipinski definition) is 1. The molecule has 1 fully saturated rings. The van der Waals surface area contributed by atoms with Gasteiger partial charge in [0.15, 0.2) is 0 Å². The molecule has 0 saturated carbocycles. The van der Waals surface area contributed by atoms with Gasteiger partial charge in [-0.25, -0.2) is 17.6 Å². The highest BCUT2D eigenvalue weighted by atomic mass is 19.1. The highest BCUT2D eigenvalue weighted by Gasteiger charge is 2.32. The summed E-state index contributed by atoms with van der Waals surface area (Å²) in [4.78, 5) is 14.9. The van der Waals surface area contributed by atoms with E-state index in [1.165, 1.54) is 36.4 Å². The van der Waals surface area contributed by atoms with Crippen molar-refractivity contribution in [1.82, 2.24) is 10.2 Å². The molecule has 1 aliphatic heterocycles. The number of piperidine rings is 1. The van der Waals surface area contributed by atoms with E-state index in [0.29, 0.717) is 30.6 Å². The Balaban J connectivity index is 1.50. The summed E-state index contributed by atoms with van der Waals surface area (Å²) in [5.74, 6) is -2.64. The summed E-state index contributed by atoms with van der Waals surface area (Å²) >= 11 is 0. The molecular formula is C26H24F4N2O. The molecule has 0 unspecified atom stereocenters. The van der Waals surface area contributed by atoms with Crippen LogP contribution in [0.4, 0.5) is 17.6 Å². The fraction of sp³-hybridized carbons (Fsp3) is 0.269. The Labute approximate surface area is 190 Å². The van der Waals surface area contributed by atoms with Crippen LogP contribution in [0.15, 0.2) is 66.7 Å². The van der Waals surface area contributed by atoms with Crippen molar-refractivity contribution >= 4 is 5.91 Å². The fourth-order valence-corrected chi connectivity index (χ4v) is 4.36. The summed E-state index contributed by atoms with van der Waals surface area (Å²) in [5.41, 5.74) is 1.89. The molecule has 0 radical (unpaired) electrons. The van der Waals surface area contributed by atoms with Gasteiger partial charge in [-0.15, -0.1) is 0 Å². The zero-order valence-corrected chi connectivity index (χ0v) is 17.9. The molecule has 1 aliphatic rings. The largest absolute Gasteiger partial charge is 0.352 e. The van der Waals surface area contributed by atoms with Gasteiger partial charge in [0.2, 0.25) is 5.91 Å². The van der Waals surface area contributed by atoms with E-state index in [2.05, 4.69) is 5.32 Å². The van der Waals surface area contributed by atoms with Crippen LogP contribution in [0.5, 0.6) is 0 Å². The SMILES string of the molecule is O=C(NCc1cccc(F)c1)[C@@H]1C[C@H](c2ccc(F)cc2)CN(Cc2ccc(F)cc2F)C1. The molecule has 3 aromatic carbocycles. The molecular weight excluding hydrogens is 432 g/mol. The maximum Gasteiger partial charge on any atom is 0.224 e. The van der Waals surface area contributed by atoms with E-state index in [-0.39, 0.29) is 36.5 Å². The third kappa shape index (κ3) is 5.99. The van der Waals surface area contributed by atoms with Crippen LogP contribution in [0.3, 0.4) is 0 Å². The maximum atomic E-state index is 14.2. The summed E-state index contributed by atoms with van der Waals surface area (Å²) in [5, 5.41) is 2.86. The van der Waals surface area contributed by atoms with Crippen molar-refractivity contribution in [1.29, 1.82) is 0 Å². The minimum absolute atomic E-state index is 0.0622. The van der Waals surface area contributed by atoms with Crippen LogP contribution in [0.25, 0.3) is 0 Å². The number of benzene rings is 3. The number of carbonyl (C=O) groups is 1. The summed E-state index contributed by atoms with van der Waals surface area (Å²) in [7, 11) is 0. The van der Waals surface area contributed by atoms with Gasteiger partial charge in [-0.2, -0.15) is 0 Å². The lowest BCUT2D eigenvalue weighted by Gasteiger charge is -2.37. The van der Waals surface area contributed by atoms with Crippen LogP contribution in [0.2, 0.25) is 0 Å². The molecule has 0 aromatic heterocycles.